The minimum atomic E-state index is -1.06. The number of ether oxygens (including phenoxy) is 2. The number of methoxy groups -OCH3 is 2. The summed E-state index contributed by atoms with van der Waals surface area (Å²) in [6.45, 7) is 0.282. The van der Waals surface area contributed by atoms with Crippen LogP contribution in [0.5, 0.6) is 11.5 Å². The van der Waals surface area contributed by atoms with Gasteiger partial charge in [0, 0.05) is 12.5 Å². The normalized spacial score (nSPS) is 18.1. The van der Waals surface area contributed by atoms with Crippen molar-refractivity contribution in [1.29, 1.82) is 0 Å². The molecular formula is C20H21NO5. The van der Waals surface area contributed by atoms with Gasteiger partial charge in [-0.2, -0.15) is 0 Å². The fourth-order valence-electron chi connectivity index (χ4n) is 3.08. The van der Waals surface area contributed by atoms with Crippen molar-refractivity contribution >= 4 is 11.9 Å². The minimum Gasteiger partial charge on any atom is -0.497 e. The van der Waals surface area contributed by atoms with Crippen LogP contribution in [0.25, 0.3) is 0 Å². The fraction of sp³-hybridized carbons (Fsp3) is 0.300. The summed E-state index contributed by atoms with van der Waals surface area (Å²) < 4.78 is 10.3. The van der Waals surface area contributed by atoms with Crippen LogP contribution in [0.2, 0.25) is 0 Å². The van der Waals surface area contributed by atoms with Gasteiger partial charge in [-0.25, -0.2) is 4.79 Å². The van der Waals surface area contributed by atoms with Gasteiger partial charge in [0.05, 0.1) is 14.2 Å². The summed E-state index contributed by atoms with van der Waals surface area (Å²) in [5.41, 5.74) is 1.90. The van der Waals surface area contributed by atoms with E-state index in [4.69, 9.17) is 9.47 Å². The third kappa shape index (κ3) is 3.79. The highest BCUT2D eigenvalue weighted by Gasteiger charge is 2.43. The first-order chi connectivity index (χ1) is 12.5. The van der Waals surface area contributed by atoms with Crippen LogP contribution in [0.15, 0.2) is 42.5 Å². The number of carbonyl (C=O) groups is 2. The van der Waals surface area contributed by atoms with Gasteiger partial charge in [-0.15, -0.1) is 0 Å². The molecule has 0 bridgehead atoms. The van der Waals surface area contributed by atoms with Crippen molar-refractivity contribution in [1.82, 2.24) is 5.32 Å². The molecule has 0 spiro atoms. The molecule has 6 heteroatoms. The third-order valence-electron chi connectivity index (χ3n) is 4.61. The molecule has 1 aliphatic carbocycles. The second-order valence-corrected chi connectivity index (χ2v) is 6.28. The van der Waals surface area contributed by atoms with Crippen molar-refractivity contribution in [2.45, 2.75) is 18.9 Å². The molecule has 2 aromatic rings. The predicted octanol–water partition coefficient (Wildman–Crippen LogP) is 2.82. The molecule has 0 aliphatic heterocycles. The Labute approximate surface area is 151 Å². The summed E-state index contributed by atoms with van der Waals surface area (Å²) in [5, 5.41) is 12.1. The summed E-state index contributed by atoms with van der Waals surface area (Å²) in [6.07, 6.45) is 0.808. The number of carbonyl (C=O) groups excluding carboxylic acids is 1. The Balaban J connectivity index is 1.60. The van der Waals surface area contributed by atoms with Crippen molar-refractivity contribution < 1.29 is 24.2 Å². The lowest BCUT2D eigenvalue weighted by molar-refractivity contribution is -0.122. The number of aromatic carboxylic acids is 1. The smallest absolute Gasteiger partial charge is 0.339 e. The second kappa shape index (κ2) is 7.47. The number of amides is 1. The van der Waals surface area contributed by atoms with Gasteiger partial charge in [0.2, 0.25) is 5.91 Å². The molecule has 6 nitrogen and oxygen atoms in total. The maximum Gasteiger partial charge on any atom is 0.339 e. The lowest BCUT2D eigenvalue weighted by atomic mass is 10.1. The number of hydrogen-bond acceptors (Lipinski definition) is 4. The molecule has 2 N–H and O–H groups in total. The van der Waals surface area contributed by atoms with Crippen LogP contribution < -0.4 is 14.8 Å². The predicted molar refractivity (Wildman–Crippen MR) is 95.6 cm³/mol. The van der Waals surface area contributed by atoms with Gasteiger partial charge >= 0.3 is 5.97 Å². The Hall–Kier alpha value is -3.02. The Kier molecular flexibility index (Phi) is 5.11. The van der Waals surface area contributed by atoms with Gasteiger partial charge < -0.3 is 19.9 Å². The second-order valence-electron chi connectivity index (χ2n) is 6.28. The standard InChI is InChI=1S/C20H21NO5/c1-25-14-5-3-4-13(9-14)15-10-16(15)19(22)21-11-12-6-7-18(26-2)17(8-12)20(23)24/h3-9,15-16H,10-11H2,1-2H3,(H,21,22)(H,23,24)/t15-,16+/m1/s1. The van der Waals surface area contributed by atoms with Gasteiger partial charge in [-0.1, -0.05) is 18.2 Å². The molecule has 2 atom stereocenters. The van der Waals surface area contributed by atoms with Crippen LogP contribution >= 0.6 is 0 Å². The molecule has 0 heterocycles. The van der Waals surface area contributed by atoms with E-state index in [1.54, 1.807) is 19.2 Å². The highest BCUT2D eigenvalue weighted by molar-refractivity contribution is 5.91. The zero-order valence-electron chi connectivity index (χ0n) is 14.7. The summed E-state index contributed by atoms with van der Waals surface area (Å²) in [4.78, 5) is 23.6. The molecule has 1 saturated carbocycles. The molecular weight excluding hydrogens is 334 g/mol. The molecule has 0 aromatic heterocycles. The number of benzene rings is 2. The maximum absolute atomic E-state index is 12.4. The van der Waals surface area contributed by atoms with E-state index in [2.05, 4.69) is 5.32 Å². The van der Waals surface area contributed by atoms with Crippen molar-refractivity contribution in [3.05, 3.63) is 59.2 Å². The molecule has 1 fully saturated rings. The minimum absolute atomic E-state index is 0.0227. The monoisotopic (exact) mass is 355 g/mol. The summed E-state index contributed by atoms with van der Waals surface area (Å²) in [6, 6.07) is 12.6. The fourth-order valence-corrected chi connectivity index (χ4v) is 3.08. The molecule has 0 unspecified atom stereocenters. The number of rotatable bonds is 7. The highest BCUT2D eigenvalue weighted by Crippen LogP contribution is 2.48. The van der Waals surface area contributed by atoms with Crippen LogP contribution in [-0.4, -0.2) is 31.2 Å². The number of carboxylic acid groups (broad SMARTS) is 1. The van der Waals surface area contributed by atoms with Crippen molar-refractivity contribution in [3.63, 3.8) is 0 Å². The Morgan fingerprint density at radius 2 is 1.96 bits per heavy atom. The lowest BCUT2D eigenvalue weighted by Gasteiger charge is -2.09. The van der Waals surface area contributed by atoms with Gasteiger partial charge in [-0.05, 0) is 47.7 Å². The van der Waals surface area contributed by atoms with Crippen LogP contribution in [0.3, 0.4) is 0 Å². The van der Waals surface area contributed by atoms with Crippen LogP contribution in [0, 0.1) is 5.92 Å². The summed E-state index contributed by atoms with van der Waals surface area (Å²) >= 11 is 0. The first-order valence-electron chi connectivity index (χ1n) is 8.35. The van der Waals surface area contributed by atoms with E-state index in [0.717, 1.165) is 23.3 Å². The summed E-state index contributed by atoms with van der Waals surface area (Å²) in [7, 11) is 3.05. The summed E-state index contributed by atoms with van der Waals surface area (Å²) in [5.74, 6) is 0.150. The Bertz CT molecular complexity index is 833. The Morgan fingerprint density at radius 1 is 1.15 bits per heavy atom. The van der Waals surface area contributed by atoms with E-state index in [-0.39, 0.29) is 29.9 Å². The van der Waals surface area contributed by atoms with E-state index in [0.29, 0.717) is 5.75 Å². The molecule has 2 aromatic carbocycles. The first-order valence-corrected chi connectivity index (χ1v) is 8.35. The van der Waals surface area contributed by atoms with Gasteiger partial charge in [0.15, 0.2) is 0 Å². The van der Waals surface area contributed by atoms with Crippen molar-refractivity contribution in [2.24, 2.45) is 5.92 Å². The number of carboxylic acids is 1. The zero-order valence-corrected chi connectivity index (χ0v) is 14.7. The van der Waals surface area contributed by atoms with E-state index in [1.807, 2.05) is 24.3 Å². The van der Waals surface area contributed by atoms with Gasteiger partial charge in [0.1, 0.15) is 17.1 Å². The Morgan fingerprint density at radius 3 is 2.65 bits per heavy atom. The van der Waals surface area contributed by atoms with Crippen LogP contribution in [0.1, 0.15) is 33.8 Å². The number of nitrogens with one attached hydrogen (secondary N) is 1. The van der Waals surface area contributed by atoms with Crippen LogP contribution in [-0.2, 0) is 11.3 Å². The maximum atomic E-state index is 12.4. The van der Waals surface area contributed by atoms with Gasteiger partial charge in [0.25, 0.3) is 0 Å². The molecule has 3 rings (SSSR count). The largest absolute Gasteiger partial charge is 0.497 e. The quantitative estimate of drug-likeness (QED) is 0.798. The molecule has 0 saturated heterocycles. The molecule has 136 valence electrons. The van der Waals surface area contributed by atoms with Gasteiger partial charge in [-0.3, -0.25) is 4.79 Å². The van der Waals surface area contributed by atoms with Crippen molar-refractivity contribution in [2.75, 3.05) is 14.2 Å². The first kappa shape index (κ1) is 17.8. The zero-order chi connectivity index (χ0) is 18.7. The van der Waals surface area contributed by atoms with E-state index < -0.39 is 5.97 Å². The van der Waals surface area contributed by atoms with Crippen LogP contribution in [0.4, 0.5) is 0 Å². The lowest BCUT2D eigenvalue weighted by Crippen LogP contribution is -2.25. The molecule has 1 amide bonds. The third-order valence-corrected chi connectivity index (χ3v) is 4.61. The van der Waals surface area contributed by atoms with E-state index >= 15 is 0 Å². The average molecular weight is 355 g/mol. The topological polar surface area (TPSA) is 84.9 Å². The van der Waals surface area contributed by atoms with Crippen molar-refractivity contribution in [3.8, 4) is 11.5 Å². The van der Waals surface area contributed by atoms with E-state index in [1.165, 1.54) is 13.2 Å². The molecule has 26 heavy (non-hydrogen) atoms. The molecule has 0 radical (unpaired) electrons. The van der Waals surface area contributed by atoms with E-state index in [9.17, 15) is 14.7 Å². The molecule has 1 aliphatic rings. The SMILES string of the molecule is COc1cccc([C@H]2C[C@@H]2C(=O)NCc2ccc(OC)c(C(=O)O)c2)c1. The highest BCUT2D eigenvalue weighted by atomic mass is 16.5. The average Bonchev–Trinajstić information content (AvgIpc) is 3.46. The number of hydrogen-bond donors (Lipinski definition) is 2.